The van der Waals surface area contributed by atoms with Gasteiger partial charge in [-0.2, -0.15) is 10.2 Å². The van der Waals surface area contributed by atoms with Gasteiger partial charge < -0.3 is 30.7 Å². The molecule has 8 rings (SSSR count). The number of carbonyl (C=O) groups excluding carboxylic acids is 4. The van der Waals surface area contributed by atoms with Crippen LogP contribution in [0.25, 0.3) is 0 Å². The van der Waals surface area contributed by atoms with Gasteiger partial charge in [0.15, 0.2) is 11.6 Å². The molecule has 0 aliphatic carbocycles. The number of benzene rings is 2. The van der Waals surface area contributed by atoms with E-state index in [2.05, 4.69) is 81.5 Å². The number of halogens is 6. The molecule has 0 fully saturated rings. The number of pyridine rings is 2. The van der Waals surface area contributed by atoms with Crippen LogP contribution in [0.3, 0.4) is 0 Å². The van der Waals surface area contributed by atoms with Gasteiger partial charge >= 0.3 is 12.7 Å². The third-order valence-corrected chi connectivity index (χ3v) is 12.5. The number of rotatable bonds is 24. The van der Waals surface area contributed by atoms with E-state index in [1.54, 1.807) is 60.9 Å². The molecule has 0 aliphatic heterocycles. The van der Waals surface area contributed by atoms with E-state index in [4.69, 9.17) is 0 Å². The van der Waals surface area contributed by atoms with Gasteiger partial charge in [-0.15, -0.1) is 56.9 Å². The fourth-order valence-corrected chi connectivity index (χ4v) is 8.80. The van der Waals surface area contributed by atoms with Crippen LogP contribution in [0.15, 0.2) is 122 Å². The highest BCUT2D eigenvalue weighted by atomic mass is 32.1. The Bertz CT molecular complexity index is 3050. The number of hydrogen-bond donors (Lipinski definition) is 4. The number of alkyl halides is 6. The first-order valence-corrected chi connectivity index (χ1v) is 26.1. The minimum Gasteiger partial charge on any atom is -0.406 e. The molecular formula is C52H48F6N14O6S2. The Morgan fingerprint density at radius 2 is 0.825 bits per heavy atom. The fraction of sp³-hybridized carbons (Fsp3) is 0.269. The van der Waals surface area contributed by atoms with Crippen molar-refractivity contribution in [3.8, 4) is 11.5 Å². The summed E-state index contributed by atoms with van der Waals surface area (Å²) >= 11 is 2.66. The predicted molar refractivity (Wildman–Crippen MR) is 281 cm³/mol. The molecular weight excluding hydrogens is 1090 g/mol. The van der Waals surface area contributed by atoms with E-state index >= 15 is 0 Å². The number of anilines is 4. The lowest BCUT2D eigenvalue weighted by atomic mass is 10.1. The van der Waals surface area contributed by atoms with Gasteiger partial charge in [-0.05, 0) is 122 Å². The maximum absolute atomic E-state index is 12.4. The number of nitrogens with zero attached hydrogens (tertiary/aromatic N) is 10. The maximum atomic E-state index is 12.4. The van der Waals surface area contributed by atoms with Crippen LogP contribution in [-0.2, 0) is 70.5 Å². The first-order chi connectivity index (χ1) is 38.4. The third-order valence-electron chi connectivity index (χ3n) is 10.7. The highest BCUT2D eigenvalue weighted by molar-refractivity contribution is 7.15. The zero-order valence-corrected chi connectivity index (χ0v) is 43.7. The minimum absolute atomic E-state index is 0.153. The monoisotopic (exact) mass is 1140 g/mol. The van der Waals surface area contributed by atoms with Crippen molar-refractivity contribution in [2.45, 2.75) is 89.8 Å². The Labute approximate surface area is 460 Å². The maximum Gasteiger partial charge on any atom is 0.573 e. The van der Waals surface area contributed by atoms with Crippen LogP contribution in [0, 0.1) is 0 Å². The predicted octanol–water partition coefficient (Wildman–Crippen LogP) is 9.10. The standard InChI is InChI=1S/2C26H24F3N7O3S/c2*27-26(28,29)39-20-9-5-6-17(14-20)15-22(37)31-21-12-11-18(33-34-21)7-1-2-10-24-35-36-25(40-24)32-23(38)16-19-8-3-4-13-30-19/h2*3-6,8-9,11-14H,1-2,7,10,15-16H2,(H,31,34,37)(H,32,36,38). The summed E-state index contributed by atoms with van der Waals surface area (Å²) in [5.41, 5.74) is 3.56. The molecule has 0 aliphatic rings. The molecule has 6 heterocycles. The number of carbonyl (C=O) groups is 4. The number of nitrogens with one attached hydrogen (secondary N) is 4. The first kappa shape index (κ1) is 58.8. The molecule has 0 radical (unpaired) electrons. The molecule has 4 amide bonds. The fourth-order valence-electron chi connectivity index (χ4n) is 7.21. The minimum atomic E-state index is -4.81. The highest BCUT2D eigenvalue weighted by Gasteiger charge is 2.32. The van der Waals surface area contributed by atoms with Crippen LogP contribution < -0.4 is 30.7 Å². The van der Waals surface area contributed by atoms with E-state index < -0.39 is 36.0 Å². The van der Waals surface area contributed by atoms with Crippen molar-refractivity contribution in [1.82, 2.24) is 50.8 Å². The molecule has 416 valence electrons. The Kier molecular flexibility index (Phi) is 21.4. The molecule has 0 bridgehead atoms. The zero-order valence-electron chi connectivity index (χ0n) is 42.0. The van der Waals surface area contributed by atoms with Crippen LogP contribution in [0.5, 0.6) is 11.5 Å². The molecule has 28 heteroatoms. The topological polar surface area (TPSA) is 264 Å². The second kappa shape index (κ2) is 29.2. The van der Waals surface area contributed by atoms with Gasteiger partial charge in [-0.25, -0.2) is 0 Å². The molecule has 0 saturated heterocycles. The van der Waals surface area contributed by atoms with Crippen LogP contribution in [0.2, 0.25) is 0 Å². The van der Waals surface area contributed by atoms with Crippen LogP contribution in [0.1, 0.15) is 69.6 Å². The van der Waals surface area contributed by atoms with E-state index in [9.17, 15) is 45.5 Å². The largest absolute Gasteiger partial charge is 0.573 e. The average molecular weight is 1140 g/mol. The number of amides is 4. The van der Waals surface area contributed by atoms with Crippen molar-refractivity contribution >= 4 is 68.2 Å². The van der Waals surface area contributed by atoms with Crippen molar-refractivity contribution in [2.24, 2.45) is 0 Å². The molecule has 0 saturated carbocycles. The lowest BCUT2D eigenvalue weighted by Crippen LogP contribution is -2.18. The molecule has 4 N–H and O–H groups in total. The SMILES string of the molecule is O=C(Cc1cccc(OC(F)(F)F)c1)Nc1ccc(CCCCc2nnc(NC(=O)Cc3ccccn3)s2)nn1.O=C(Cc1cccc(OC(F)(F)F)c1)Nc1ccc(CCCCc2nnc(NC(=O)Cc3ccccn3)s2)nn1. The smallest absolute Gasteiger partial charge is 0.406 e. The van der Waals surface area contributed by atoms with Crippen LogP contribution in [-0.4, -0.2) is 87.1 Å². The summed E-state index contributed by atoms with van der Waals surface area (Å²) in [4.78, 5) is 57.1. The van der Waals surface area contributed by atoms with E-state index in [1.165, 1.54) is 46.9 Å². The number of hydrogen-bond acceptors (Lipinski definition) is 18. The van der Waals surface area contributed by atoms with E-state index in [1.807, 2.05) is 12.1 Å². The average Bonchev–Trinajstić information content (AvgIpc) is 4.06. The first-order valence-electron chi connectivity index (χ1n) is 24.4. The molecule has 80 heavy (non-hydrogen) atoms. The van der Waals surface area contributed by atoms with Crippen LogP contribution in [0.4, 0.5) is 48.2 Å². The van der Waals surface area contributed by atoms with Gasteiger partial charge in [0.2, 0.25) is 33.9 Å². The molecule has 2 aromatic carbocycles. The van der Waals surface area contributed by atoms with Crippen molar-refractivity contribution < 1.29 is 55.0 Å². The molecule has 6 aromatic heterocycles. The highest BCUT2D eigenvalue weighted by Crippen LogP contribution is 2.26. The van der Waals surface area contributed by atoms with Gasteiger partial charge in [-0.1, -0.05) is 59.1 Å². The van der Waals surface area contributed by atoms with Gasteiger partial charge in [0, 0.05) is 36.6 Å². The Balaban J connectivity index is 0.000000231. The number of unbranched alkanes of at least 4 members (excludes halogenated alkanes) is 2. The summed E-state index contributed by atoms with van der Waals surface area (Å²) in [5.74, 6) is -1.61. The quantitative estimate of drug-likeness (QED) is 0.0325. The summed E-state index contributed by atoms with van der Waals surface area (Å²) < 4.78 is 82.1. The second-order valence-corrected chi connectivity index (χ2v) is 19.3. The normalized spacial score (nSPS) is 11.2. The van der Waals surface area contributed by atoms with E-state index in [0.717, 1.165) is 71.4 Å². The molecule has 0 unspecified atom stereocenters. The third kappa shape index (κ3) is 21.8. The summed E-state index contributed by atoms with van der Waals surface area (Å²) in [6, 6.07) is 28.0. The summed E-state index contributed by atoms with van der Waals surface area (Å²) in [7, 11) is 0. The van der Waals surface area contributed by atoms with Crippen molar-refractivity contribution in [1.29, 1.82) is 0 Å². The summed E-state index contributed by atoms with van der Waals surface area (Å²) in [6.07, 6.45) is -0.305. The lowest BCUT2D eigenvalue weighted by Gasteiger charge is -2.10. The Morgan fingerprint density at radius 3 is 1.20 bits per heavy atom. The van der Waals surface area contributed by atoms with Gasteiger partial charge in [0.1, 0.15) is 21.5 Å². The van der Waals surface area contributed by atoms with Gasteiger partial charge in [0.05, 0.1) is 37.1 Å². The van der Waals surface area contributed by atoms with E-state index in [-0.39, 0.29) is 49.1 Å². The lowest BCUT2D eigenvalue weighted by molar-refractivity contribution is -0.275. The second-order valence-electron chi connectivity index (χ2n) is 17.2. The van der Waals surface area contributed by atoms with E-state index in [0.29, 0.717) is 58.5 Å². The van der Waals surface area contributed by atoms with Crippen molar-refractivity contribution in [2.75, 3.05) is 21.3 Å². The Hall–Kier alpha value is -8.92. The van der Waals surface area contributed by atoms with Crippen molar-refractivity contribution in [3.63, 3.8) is 0 Å². The molecule has 20 nitrogen and oxygen atoms in total. The van der Waals surface area contributed by atoms with Crippen LogP contribution >= 0.6 is 22.7 Å². The molecule has 8 aromatic rings. The van der Waals surface area contributed by atoms with Gasteiger partial charge in [0.25, 0.3) is 0 Å². The van der Waals surface area contributed by atoms with Gasteiger partial charge in [-0.3, -0.25) is 29.1 Å². The zero-order chi connectivity index (χ0) is 56.7. The molecule has 0 atom stereocenters. The summed E-state index contributed by atoms with van der Waals surface area (Å²) in [6.45, 7) is 0. The Morgan fingerprint density at radius 1 is 0.412 bits per heavy atom. The van der Waals surface area contributed by atoms with Crippen molar-refractivity contribution in [3.05, 3.63) is 166 Å². The molecule has 0 spiro atoms. The number of aryl methyl sites for hydroxylation is 4. The number of ether oxygens (including phenoxy) is 2. The number of aromatic nitrogens is 10. The summed E-state index contributed by atoms with van der Waals surface area (Å²) in [5, 5.41) is 45.7.